The third kappa shape index (κ3) is 3.97. The molecule has 11 heavy (non-hydrogen) atoms. The van der Waals surface area contributed by atoms with Gasteiger partial charge in [-0.2, -0.15) is 8.42 Å². The summed E-state index contributed by atoms with van der Waals surface area (Å²) >= 11 is 0. The van der Waals surface area contributed by atoms with Crippen LogP contribution in [0.1, 0.15) is 0 Å². The Hall–Kier alpha value is -0.590. The maximum absolute atomic E-state index is 10.2. The van der Waals surface area contributed by atoms with Crippen molar-refractivity contribution < 1.29 is 29.9 Å². The van der Waals surface area contributed by atoms with E-state index in [0.29, 0.717) is 0 Å². The Kier molecular flexibility index (Phi) is 3.50. The highest BCUT2D eigenvalue weighted by Crippen LogP contribution is 1.79. The minimum Gasteiger partial charge on any atom is -1.00 e. The molecule has 2 N–H and O–H groups in total. The number of halogens is 1. The van der Waals surface area contributed by atoms with E-state index in [1.165, 1.54) is 17.1 Å². The third-order valence-electron chi connectivity index (χ3n) is 0.915. The zero-order valence-electron chi connectivity index (χ0n) is 5.44. The van der Waals surface area contributed by atoms with E-state index in [1.54, 1.807) is 6.20 Å². The molecule has 0 aliphatic heterocycles. The fourth-order valence-electron chi connectivity index (χ4n) is 0.589. The van der Waals surface area contributed by atoms with Crippen LogP contribution in [0, 0.1) is 0 Å². The van der Waals surface area contributed by atoms with Crippen LogP contribution < -0.4 is 17.0 Å². The molecule has 5 nitrogen and oxygen atoms in total. The van der Waals surface area contributed by atoms with Gasteiger partial charge in [0.2, 0.25) is 12.2 Å². The second-order valence-corrected chi connectivity index (χ2v) is 3.26. The van der Waals surface area contributed by atoms with Crippen LogP contribution in [-0.4, -0.2) is 18.0 Å². The number of hydrogen-bond donors (Lipinski definition) is 2. The van der Waals surface area contributed by atoms with Crippen molar-refractivity contribution in [3.05, 3.63) is 18.7 Å². The van der Waals surface area contributed by atoms with E-state index in [2.05, 4.69) is 4.98 Å². The molecule has 64 valence electrons. The van der Waals surface area contributed by atoms with Crippen molar-refractivity contribution in [1.29, 1.82) is 0 Å². The summed E-state index contributed by atoms with van der Waals surface area (Å²) < 4.78 is 30.1. The van der Waals surface area contributed by atoms with Crippen LogP contribution in [0.25, 0.3) is 0 Å². The Morgan fingerprint density at radius 3 is 2.55 bits per heavy atom. The first-order valence-electron chi connectivity index (χ1n) is 2.55. The number of rotatable bonds is 2. The molecule has 0 aliphatic rings. The molecule has 0 bridgehead atoms. The lowest BCUT2D eigenvalue weighted by atomic mass is 10.9. The summed E-state index contributed by atoms with van der Waals surface area (Å²) in [4.78, 5) is 2.64. The van der Waals surface area contributed by atoms with Gasteiger partial charge < -0.3 is 12.4 Å². The number of imidazole rings is 1. The van der Waals surface area contributed by atoms with Crippen molar-refractivity contribution in [3.63, 3.8) is 0 Å². The lowest BCUT2D eigenvalue weighted by Gasteiger charge is -1.88. The molecule has 1 heterocycles. The summed E-state index contributed by atoms with van der Waals surface area (Å²) in [7, 11) is -3.90. The van der Waals surface area contributed by atoms with Gasteiger partial charge in [-0.1, -0.05) is 0 Å². The van der Waals surface area contributed by atoms with Crippen LogP contribution in [0.4, 0.5) is 0 Å². The summed E-state index contributed by atoms with van der Waals surface area (Å²) in [5.74, 6) is -0.406. The number of aromatic amines is 1. The predicted octanol–water partition coefficient (Wildman–Crippen LogP) is -3.85. The molecule has 0 saturated carbocycles. The molecular formula is C4H7ClN2O3S. The van der Waals surface area contributed by atoms with E-state index in [-0.39, 0.29) is 12.4 Å². The van der Waals surface area contributed by atoms with Crippen molar-refractivity contribution in [2.45, 2.75) is 5.88 Å². The van der Waals surface area contributed by atoms with Crippen LogP contribution in [0.5, 0.6) is 0 Å². The van der Waals surface area contributed by atoms with Gasteiger partial charge in [0.25, 0.3) is 0 Å². The van der Waals surface area contributed by atoms with Crippen LogP contribution in [0.3, 0.4) is 0 Å². The highest BCUT2D eigenvalue weighted by atomic mass is 35.5. The molecule has 0 aliphatic carbocycles. The van der Waals surface area contributed by atoms with Gasteiger partial charge in [-0.25, -0.2) is 4.57 Å². The third-order valence-corrected chi connectivity index (χ3v) is 1.54. The zero-order valence-corrected chi connectivity index (χ0v) is 7.01. The van der Waals surface area contributed by atoms with E-state index >= 15 is 0 Å². The highest BCUT2D eigenvalue weighted by molar-refractivity contribution is 7.84. The lowest BCUT2D eigenvalue weighted by Crippen LogP contribution is -3.00. The number of nitrogens with one attached hydrogen (secondary N) is 1. The van der Waals surface area contributed by atoms with E-state index in [1.807, 2.05) is 0 Å². The quantitative estimate of drug-likeness (QED) is 0.378. The van der Waals surface area contributed by atoms with Crippen molar-refractivity contribution in [1.82, 2.24) is 4.98 Å². The van der Waals surface area contributed by atoms with Crippen molar-refractivity contribution in [2.24, 2.45) is 0 Å². The predicted molar refractivity (Wildman–Crippen MR) is 32.5 cm³/mol. The number of H-pyrrole nitrogens is 1. The van der Waals surface area contributed by atoms with Gasteiger partial charge >= 0.3 is 10.1 Å². The van der Waals surface area contributed by atoms with Gasteiger partial charge in [-0.05, 0) is 0 Å². The van der Waals surface area contributed by atoms with E-state index in [9.17, 15) is 8.42 Å². The summed E-state index contributed by atoms with van der Waals surface area (Å²) in [5, 5.41) is 0. The Bertz CT molecular complexity index is 293. The van der Waals surface area contributed by atoms with Gasteiger partial charge in [0.1, 0.15) is 12.4 Å². The van der Waals surface area contributed by atoms with E-state index in [4.69, 9.17) is 4.55 Å². The van der Waals surface area contributed by atoms with Gasteiger partial charge in [-0.15, -0.1) is 0 Å². The maximum Gasteiger partial charge on any atom is 0.304 e. The number of aromatic nitrogens is 2. The van der Waals surface area contributed by atoms with Gasteiger partial charge in [0, 0.05) is 0 Å². The topological polar surface area (TPSA) is 74.0 Å². The van der Waals surface area contributed by atoms with Crippen molar-refractivity contribution in [3.8, 4) is 0 Å². The molecule has 0 fully saturated rings. The monoisotopic (exact) mass is 198 g/mol. The molecule has 0 spiro atoms. The fraction of sp³-hybridized carbons (Fsp3) is 0.250. The van der Waals surface area contributed by atoms with Crippen molar-refractivity contribution in [2.75, 3.05) is 0 Å². The van der Waals surface area contributed by atoms with E-state index in [0.717, 1.165) is 0 Å². The van der Waals surface area contributed by atoms with Crippen molar-refractivity contribution >= 4 is 10.1 Å². The fourth-order valence-corrected chi connectivity index (χ4v) is 1.13. The Morgan fingerprint density at radius 1 is 1.55 bits per heavy atom. The average molecular weight is 199 g/mol. The molecule has 0 amide bonds. The molecular weight excluding hydrogens is 192 g/mol. The first-order chi connectivity index (χ1) is 4.58. The van der Waals surface area contributed by atoms with Gasteiger partial charge in [0.05, 0.1) is 0 Å². The molecule has 0 saturated heterocycles. The average Bonchev–Trinajstić information content (AvgIpc) is 2.12. The standard InChI is InChI=1S/C4H6N2O3S.ClH/c7-10(8,9)4-6-2-1-5-3-6;/h1-3H,4H2,(H,7,8,9);1H. The lowest BCUT2D eigenvalue weighted by molar-refractivity contribution is -0.676. The Morgan fingerprint density at radius 2 is 2.18 bits per heavy atom. The maximum atomic E-state index is 10.2. The Labute approximate surface area is 70.2 Å². The molecule has 1 rings (SSSR count). The summed E-state index contributed by atoms with van der Waals surface area (Å²) in [6, 6.07) is 0. The minimum absolute atomic E-state index is 0. The molecule has 0 unspecified atom stereocenters. The molecule has 0 atom stereocenters. The van der Waals surface area contributed by atoms with Crippen LogP contribution in [-0.2, 0) is 16.0 Å². The van der Waals surface area contributed by atoms with Crippen LogP contribution in [0.2, 0.25) is 0 Å². The highest BCUT2D eigenvalue weighted by Gasteiger charge is 2.08. The Balaban J connectivity index is 0.000001000. The summed E-state index contributed by atoms with van der Waals surface area (Å²) in [6.07, 6.45) is 4.51. The largest absolute Gasteiger partial charge is 1.00 e. The minimum atomic E-state index is -3.90. The summed E-state index contributed by atoms with van der Waals surface area (Å²) in [6.45, 7) is 0. The SMILES string of the molecule is O=S(=O)(O)C[n+]1cc[nH]c1.[Cl-]. The number of nitrogens with zero attached hydrogens (tertiary/aromatic N) is 1. The zero-order chi connectivity index (χ0) is 7.61. The second-order valence-electron chi connectivity index (χ2n) is 1.84. The molecule has 7 heteroatoms. The first kappa shape index (κ1) is 10.4. The van der Waals surface area contributed by atoms with Crippen LogP contribution in [0.15, 0.2) is 18.7 Å². The van der Waals surface area contributed by atoms with Gasteiger partial charge in [0.15, 0.2) is 0 Å². The first-order valence-corrected chi connectivity index (χ1v) is 4.16. The molecule has 0 radical (unpaired) electrons. The second kappa shape index (κ2) is 3.70. The molecule has 1 aromatic heterocycles. The van der Waals surface area contributed by atoms with E-state index < -0.39 is 16.0 Å². The molecule has 1 aromatic rings. The summed E-state index contributed by atoms with van der Waals surface area (Å²) in [5.41, 5.74) is 0. The molecule has 0 aromatic carbocycles. The smallest absolute Gasteiger partial charge is 0.304 e. The van der Waals surface area contributed by atoms with Crippen LogP contribution >= 0.6 is 0 Å². The normalized spacial score (nSPS) is 10.6. The van der Waals surface area contributed by atoms with Gasteiger partial charge in [-0.3, -0.25) is 9.54 Å². The number of hydrogen-bond acceptors (Lipinski definition) is 2.